The van der Waals surface area contributed by atoms with Crippen LogP contribution in [0.4, 0.5) is 0 Å². The Kier molecular flexibility index (Phi) is 3.06. The number of hydrogen-bond donors (Lipinski definition) is 0. The van der Waals surface area contributed by atoms with Crippen molar-refractivity contribution in [2.45, 2.75) is 12.8 Å². The number of esters is 2. The predicted molar refractivity (Wildman–Crippen MR) is 44.8 cm³/mol. The Morgan fingerprint density at radius 3 is 1.92 bits per heavy atom. The zero-order chi connectivity index (χ0) is 9.84. The molecule has 4 nitrogen and oxygen atoms in total. The van der Waals surface area contributed by atoms with Crippen molar-refractivity contribution in [3.05, 3.63) is 11.6 Å². The molecular formula is C9H12O4. The summed E-state index contributed by atoms with van der Waals surface area (Å²) >= 11 is 0. The number of hydrogen-bond acceptors (Lipinski definition) is 4. The highest BCUT2D eigenvalue weighted by atomic mass is 16.5. The van der Waals surface area contributed by atoms with Gasteiger partial charge in [0.1, 0.15) is 5.57 Å². The summed E-state index contributed by atoms with van der Waals surface area (Å²) in [6.07, 6.45) is 3.67. The second-order valence-corrected chi connectivity index (χ2v) is 2.90. The lowest BCUT2D eigenvalue weighted by atomic mass is 10.2. The average molecular weight is 184 g/mol. The van der Waals surface area contributed by atoms with Gasteiger partial charge < -0.3 is 9.47 Å². The summed E-state index contributed by atoms with van der Waals surface area (Å²) in [5.74, 6) is -0.911. The van der Waals surface area contributed by atoms with Crippen LogP contribution in [0.15, 0.2) is 11.6 Å². The van der Waals surface area contributed by atoms with Crippen molar-refractivity contribution in [2.24, 2.45) is 5.92 Å². The van der Waals surface area contributed by atoms with Crippen molar-refractivity contribution < 1.29 is 19.1 Å². The minimum absolute atomic E-state index is 0.00694. The quantitative estimate of drug-likeness (QED) is 0.280. The van der Waals surface area contributed by atoms with Gasteiger partial charge in [0.15, 0.2) is 0 Å². The van der Waals surface area contributed by atoms with Crippen LogP contribution < -0.4 is 0 Å². The van der Waals surface area contributed by atoms with E-state index in [1.807, 2.05) is 0 Å². The average Bonchev–Trinajstić information content (AvgIpc) is 2.95. The third kappa shape index (κ3) is 2.57. The number of rotatable bonds is 3. The van der Waals surface area contributed by atoms with E-state index in [-0.39, 0.29) is 5.57 Å². The molecule has 1 saturated carbocycles. The lowest BCUT2D eigenvalue weighted by Gasteiger charge is -2.02. The highest BCUT2D eigenvalue weighted by Crippen LogP contribution is 2.31. The first-order valence-corrected chi connectivity index (χ1v) is 4.07. The Morgan fingerprint density at radius 2 is 1.62 bits per heavy atom. The minimum atomic E-state index is -0.626. The van der Waals surface area contributed by atoms with E-state index in [4.69, 9.17) is 0 Å². The van der Waals surface area contributed by atoms with Gasteiger partial charge in [-0.2, -0.15) is 0 Å². The van der Waals surface area contributed by atoms with Gasteiger partial charge in [-0.1, -0.05) is 6.08 Å². The third-order valence-electron chi connectivity index (χ3n) is 1.83. The van der Waals surface area contributed by atoms with Gasteiger partial charge in [0.2, 0.25) is 0 Å². The Morgan fingerprint density at radius 1 is 1.15 bits per heavy atom. The van der Waals surface area contributed by atoms with E-state index < -0.39 is 11.9 Å². The fourth-order valence-corrected chi connectivity index (χ4v) is 0.938. The molecule has 0 spiro atoms. The van der Waals surface area contributed by atoms with Crippen LogP contribution >= 0.6 is 0 Å². The molecule has 0 atom stereocenters. The van der Waals surface area contributed by atoms with Crippen molar-refractivity contribution >= 4 is 11.9 Å². The molecule has 72 valence electrons. The van der Waals surface area contributed by atoms with Crippen molar-refractivity contribution in [1.29, 1.82) is 0 Å². The third-order valence-corrected chi connectivity index (χ3v) is 1.83. The van der Waals surface area contributed by atoms with Crippen molar-refractivity contribution in [2.75, 3.05) is 14.2 Å². The maximum Gasteiger partial charge on any atom is 0.344 e. The van der Waals surface area contributed by atoms with Crippen molar-refractivity contribution in [3.8, 4) is 0 Å². The molecule has 0 unspecified atom stereocenters. The van der Waals surface area contributed by atoms with E-state index >= 15 is 0 Å². The standard InChI is InChI=1S/C9H12O4/c1-12-8(10)7(9(11)13-2)5-6-3-4-6/h5-6H,3-4H2,1-2H3. The van der Waals surface area contributed by atoms with Crippen LogP contribution in [0.1, 0.15) is 12.8 Å². The number of ether oxygens (including phenoxy) is 2. The van der Waals surface area contributed by atoms with Crippen LogP contribution in [0.2, 0.25) is 0 Å². The normalized spacial score (nSPS) is 14.6. The van der Waals surface area contributed by atoms with Crippen LogP contribution in [-0.4, -0.2) is 26.2 Å². The molecule has 1 fully saturated rings. The van der Waals surface area contributed by atoms with Gasteiger partial charge in [-0.05, 0) is 18.8 Å². The smallest absolute Gasteiger partial charge is 0.344 e. The lowest BCUT2D eigenvalue weighted by Crippen LogP contribution is -2.16. The molecule has 0 aromatic carbocycles. The van der Waals surface area contributed by atoms with Gasteiger partial charge in [-0.3, -0.25) is 0 Å². The molecule has 0 aromatic rings. The molecule has 0 N–H and O–H groups in total. The van der Waals surface area contributed by atoms with E-state index in [2.05, 4.69) is 9.47 Å². The van der Waals surface area contributed by atoms with E-state index in [1.165, 1.54) is 14.2 Å². The highest BCUT2D eigenvalue weighted by molar-refractivity contribution is 6.14. The van der Waals surface area contributed by atoms with E-state index in [0.717, 1.165) is 12.8 Å². The van der Waals surface area contributed by atoms with Crippen molar-refractivity contribution in [3.63, 3.8) is 0 Å². The summed E-state index contributed by atoms with van der Waals surface area (Å²) < 4.78 is 8.91. The molecule has 4 heteroatoms. The van der Waals surface area contributed by atoms with Crippen LogP contribution in [0, 0.1) is 5.92 Å². The molecule has 0 aromatic heterocycles. The molecule has 1 aliphatic rings. The molecule has 0 radical (unpaired) electrons. The van der Waals surface area contributed by atoms with Crippen LogP contribution in [0.3, 0.4) is 0 Å². The molecule has 0 heterocycles. The van der Waals surface area contributed by atoms with Crippen LogP contribution in [0.5, 0.6) is 0 Å². The summed E-state index contributed by atoms with van der Waals surface area (Å²) in [5, 5.41) is 0. The van der Waals surface area contributed by atoms with Crippen molar-refractivity contribution in [1.82, 2.24) is 0 Å². The Hall–Kier alpha value is -1.32. The number of carbonyl (C=O) groups is 2. The zero-order valence-corrected chi connectivity index (χ0v) is 7.70. The summed E-state index contributed by atoms with van der Waals surface area (Å²) in [5.41, 5.74) is 0.00694. The van der Waals surface area contributed by atoms with Gasteiger partial charge in [0.25, 0.3) is 0 Å². The second kappa shape index (κ2) is 4.07. The maximum absolute atomic E-state index is 11.1. The van der Waals surface area contributed by atoms with Crippen LogP contribution in [-0.2, 0) is 19.1 Å². The Bertz CT molecular complexity index is 232. The molecule has 0 bridgehead atoms. The first kappa shape index (κ1) is 9.77. The SMILES string of the molecule is COC(=O)C(=CC1CC1)C(=O)OC. The number of methoxy groups -OCH3 is 2. The maximum atomic E-state index is 11.1. The number of allylic oxidation sites excluding steroid dienone is 1. The first-order valence-electron chi connectivity index (χ1n) is 4.07. The summed E-state index contributed by atoms with van der Waals surface area (Å²) in [6.45, 7) is 0. The summed E-state index contributed by atoms with van der Waals surface area (Å²) in [7, 11) is 2.48. The van der Waals surface area contributed by atoms with Gasteiger partial charge in [-0.25, -0.2) is 9.59 Å². The highest BCUT2D eigenvalue weighted by Gasteiger charge is 2.26. The summed E-state index contributed by atoms with van der Waals surface area (Å²) in [4.78, 5) is 22.2. The van der Waals surface area contributed by atoms with Gasteiger partial charge >= 0.3 is 11.9 Å². The fourth-order valence-electron chi connectivity index (χ4n) is 0.938. The fraction of sp³-hybridized carbons (Fsp3) is 0.556. The Labute approximate surface area is 76.5 Å². The largest absolute Gasteiger partial charge is 0.465 e. The first-order chi connectivity index (χ1) is 6.19. The zero-order valence-electron chi connectivity index (χ0n) is 7.70. The molecule has 1 rings (SSSR count). The monoisotopic (exact) mass is 184 g/mol. The van der Waals surface area contributed by atoms with Gasteiger partial charge in [0, 0.05) is 0 Å². The van der Waals surface area contributed by atoms with E-state index in [9.17, 15) is 9.59 Å². The molecule has 1 aliphatic carbocycles. The molecule has 0 aliphatic heterocycles. The van der Waals surface area contributed by atoms with Gasteiger partial charge in [-0.15, -0.1) is 0 Å². The summed E-state index contributed by atoms with van der Waals surface area (Å²) in [6, 6.07) is 0. The number of carbonyl (C=O) groups excluding carboxylic acids is 2. The minimum Gasteiger partial charge on any atom is -0.465 e. The van der Waals surface area contributed by atoms with Crippen LogP contribution in [0.25, 0.3) is 0 Å². The molecule has 0 saturated heterocycles. The van der Waals surface area contributed by atoms with E-state index in [0.29, 0.717) is 5.92 Å². The Balaban J connectivity index is 2.74. The second-order valence-electron chi connectivity index (χ2n) is 2.90. The lowest BCUT2D eigenvalue weighted by molar-refractivity contribution is -0.144. The van der Waals surface area contributed by atoms with E-state index in [1.54, 1.807) is 6.08 Å². The molecule has 13 heavy (non-hydrogen) atoms. The molecular weight excluding hydrogens is 172 g/mol. The molecule has 0 amide bonds. The van der Waals surface area contributed by atoms with Gasteiger partial charge in [0.05, 0.1) is 14.2 Å². The topological polar surface area (TPSA) is 52.6 Å². The predicted octanol–water partition coefficient (Wildman–Crippen LogP) is 0.669.